The highest BCUT2D eigenvalue weighted by atomic mass is 16.5. The first-order chi connectivity index (χ1) is 10.5. The lowest BCUT2D eigenvalue weighted by Crippen LogP contribution is -2.39. The monoisotopic (exact) mass is 303 g/mol. The van der Waals surface area contributed by atoms with E-state index in [2.05, 4.69) is 5.32 Å². The van der Waals surface area contributed by atoms with Gasteiger partial charge in [-0.1, -0.05) is 18.2 Å². The van der Waals surface area contributed by atoms with Gasteiger partial charge < -0.3 is 20.3 Å². The minimum Gasteiger partial charge on any atom is -0.481 e. The van der Waals surface area contributed by atoms with Crippen LogP contribution in [-0.4, -0.2) is 40.3 Å². The molecule has 7 heteroatoms. The van der Waals surface area contributed by atoms with Gasteiger partial charge in [0.2, 0.25) is 5.91 Å². The van der Waals surface area contributed by atoms with E-state index >= 15 is 0 Å². The molecule has 1 saturated heterocycles. The second-order valence-electron chi connectivity index (χ2n) is 5.22. The van der Waals surface area contributed by atoms with Crippen molar-refractivity contribution in [3.63, 3.8) is 0 Å². The minimum absolute atomic E-state index is 0.0386. The topological polar surface area (TPSA) is 113 Å². The smallest absolute Gasteiger partial charge is 0.335 e. The molecule has 4 atom stereocenters. The molecule has 1 aromatic rings. The summed E-state index contributed by atoms with van der Waals surface area (Å²) in [4.78, 5) is 34.6. The molecule has 3 rings (SSSR count). The maximum absolute atomic E-state index is 12.4. The second-order valence-corrected chi connectivity index (χ2v) is 5.22. The van der Waals surface area contributed by atoms with Crippen molar-refractivity contribution in [2.45, 2.75) is 12.2 Å². The van der Waals surface area contributed by atoms with Crippen molar-refractivity contribution < 1.29 is 29.3 Å². The highest BCUT2D eigenvalue weighted by Crippen LogP contribution is 2.39. The molecule has 1 amide bonds. The summed E-state index contributed by atoms with van der Waals surface area (Å²) in [5.41, 5.74) is 0.345. The number of anilines is 1. The van der Waals surface area contributed by atoms with E-state index in [1.807, 2.05) is 0 Å². The fourth-order valence-corrected chi connectivity index (χ4v) is 2.87. The molecule has 2 aliphatic heterocycles. The molecule has 2 bridgehead atoms. The molecule has 3 N–H and O–H groups in total. The quantitative estimate of drug-likeness (QED) is 0.715. The normalized spacial score (nSPS) is 28.5. The van der Waals surface area contributed by atoms with Gasteiger partial charge in [0, 0.05) is 5.69 Å². The van der Waals surface area contributed by atoms with Crippen LogP contribution in [0.25, 0.3) is 0 Å². The predicted molar refractivity (Wildman–Crippen MR) is 74.4 cm³/mol. The van der Waals surface area contributed by atoms with E-state index in [0.717, 1.165) is 0 Å². The second kappa shape index (κ2) is 5.27. The Hall–Kier alpha value is -2.67. The fraction of sp³-hybridized carbons (Fsp3) is 0.267. The number of amides is 1. The maximum Gasteiger partial charge on any atom is 0.335 e. The van der Waals surface area contributed by atoms with E-state index < -0.39 is 41.9 Å². The summed E-state index contributed by atoms with van der Waals surface area (Å²) in [5.74, 6) is -4.45. The minimum atomic E-state index is -1.11. The first-order valence-electron chi connectivity index (χ1n) is 6.68. The third-order valence-electron chi connectivity index (χ3n) is 3.86. The van der Waals surface area contributed by atoms with Crippen LogP contribution in [0.2, 0.25) is 0 Å². The standard InChI is InChI=1S/C15H13NO6/c17-13(16-8-3-1-2-7(6-8)14(18)19)11-9-4-5-10(22-9)12(11)15(20)21/h1-6,9-12H,(H,16,17)(H,18,19)(H,20,21)/t9-,10+,11+,12-/m0/s1. The molecule has 22 heavy (non-hydrogen) atoms. The van der Waals surface area contributed by atoms with Gasteiger partial charge in [0.25, 0.3) is 0 Å². The van der Waals surface area contributed by atoms with Crippen molar-refractivity contribution in [1.29, 1.82) is 0 Å². The molecule has 0 aromatic heterocycles. The van der Waals surface area contributed by atoms with Crippen molar-refractivity contribution in [3.8, 4) is 0 Å². The van der Waals surface area contributed by atoms with Crippen LogP contribution in [0.3, 0.4) is 0 Å². The van der Waals surface area contributed by atoms with Crippen LogP contribution in [0, 0.1) is 11.8 Å². The number of ether oxygens (including phenoxy) is 1. The first-order valence-corrected chi connectivity index (χ1v) is 6.68. The molecule has 2 heterocycles. The average Bonchev–Trinajstić information content (AvgIpc) is 3.07. The molecule has 2 aliphatic rings. The van der Waals surface area contributed by atoms with Gasteiger partial charge >= 0.3 is 11.9 Å². The molecule has 0 radical (unpaired) electrons. The van der Waals surface area contributed by atoms with Crippen LogP contribution in [-0.2, 0) is 14.3 Å². The number of carboxylic acid groups (broad SMARTS) is 2. The van der Waals surface area contributed by atoms with Gasteiger partial charge in [-0.05, 0) is 18.2 Å². The molecule has 1 aromatic carbocycles. The highest BCUT2D eigenvalue weighted by molar-refractivity contribution is 5.98. The van der Waals surface area contributed by atoms with Crippen molar-refractivity contribution in [2.24, 2.45) is 11.8 Å². The third-order valence-corrected chi connectivity index (χ3v) is 3.86. The molecule has 114 valence electrons. The Morgan fingerprint density at radius 3 is 2.36 bits per heavy atom. The number of carbonyl (C=O) groups is 3. The van der Waals surface area contributed by atoms with Crippen LogP contribution in [0.4, 0.5) is 5.69 Å². The first kappa shape index (κ1) is 14.3. The van der Waals surface area contributed by atoms with E-state index in [0.29, 0.717) is 5.69 Å². The average molecular weight is 303 g/mol. The van der Waals surface area contributed by atoms with Crippen molar-refractivity contribution in [1.82, 2.24) is 0 Å². The lowest BCUT2D eigenvalue weighted by Gasteiger charge is -2.21. The fourth-order valence-electron chi connectivity index (χ4n) is 2.87. The SMILES string of the molecule is O=C(O)c1cccc(NC(=O)[C@H]2[C@@H](C(=O)O)[C@H]3C=C[C@@H]2O3)c1. The number of carboxylic acids is 2. The zero-order chi connectivity index (χ0) is 15.9. The number of aromatic carboxylic acids is 1. The van der Waals surface area contributed by atoms with E-state index in [9.17, 15) is 19.5 Å². The summed E-state index contributed by atoms with van der Waals surface area (Å²) in [6.07, 6.45) is 2.18. The number of benzene rings is 1. The van der Waals surface area contributed by atoms with Crippen LogP contribution in [0.5, 0.6) is 0 Å². The number of hydrogen-bond acceptors (Lipinski definition) is 4. The van der Waals surface area contributed by atoms with Crippen LogP contribution < -0.4 is 5.32 Å². The zero-order valence-electron chi connectivity index (χ0n) is 11.3. The number of nitrogens with one attached hydrogen (secondary N) is 1. The Balaban J connectivity index is 1.80. The Kier molecular flexibility index (Phi) is 3.42. The van der Waals surface area contributed by atoms with E-state index in [1.165, 1.54) is 18.2 Å². The Morgan fingerprint density at radius 1 is 1.05 bits per heavy atom. The molecule has 1 fully saturated rings. The van der Waals surface area contributed by atoms with Gasteiger partial charge in [-0.2, -0.15) is 0 Å². The molecular formula is C15H13NO6. The molecule has 0 saturated carbocycles. The lowest BCUT2D eigenvalue weighted by atomic mass is 9.82. The molecule has 0 aliphatic carbocycles. The van der Waals surface area contributed by atoms with Gasteiger partial charge in [0.15, 0.2) is 0 Å². The van der Waals surface area contributed by atoms with E-state index in [4.69, 9.17) is 9.84 Å². The van der Waals surface area contributed by atoms with Gasteiger partial charge in [-0.15, -0.1) is 0 Å². The molecule has 7 nitrogen and oxygen atoms in total. The largest absolute Gasteiger partial charge is 0.481 e. The number of carbonyl (C=O) groups excluding carboxylic acids is 1. The lowest BCUT2D eigenvalue weighted by molar-refractivity contribution is -0.145. The number of fused-ring (bicyclic) bond motifs is 2. The summed E-state index contributed by atoms with van der Waals surface area (Å²) >= 11 is 0. The van der Waals surface area contributed by atoms with Gasteiger partial charge in [-0.25, -0.2) is 4.79 Å². The number of aliphatic carboxylic acids is 1. The third kappa shape index (κ3) is 2.35. The molecular weight excluding hydrogens is 290 g/mol. The maximum atomic E-state index is 12.4. The number of rotatable bonds is 4. The van der Waals surface area contributed by atoms with Crippen molar-refractivity contribution in [2.75, 3.05) is 5.32 Å². The van der Waals surface area contributed by atoms with E-state index in [-0.39, 0.29) is 5.56 Å². The summed E-state index contributed by atoms with van der Waals surface area (Å²) in [6.45, 7) is 0. The molecule has 0 unspecified atom stereocenters. The highest BCUT2D eigenvalue weighted by Gasteiger charge is 2.53. The van der Waals surface area contributed by atoms with Crippen molar-refractivity contribution >= 4 is 23.5 Å². The van der Waals surface area contributed by atoms with E-state index in [1.54, 1.807) is 18.2 Å². The van der Waals surface area contributed by atoms with Crippen LogP contribution in [0.15, 0.2) is 36.4 Å². The number of hydrogen-bond donors (Lipinski definition) is 3. The molecule has 0 spiro atoms. The zero-order valence-corrected chi connectivity index (χ0v) is 11.3. The summed E-state index contributed by atoms with van der Waals surface area (Å²) in [5, 5.41) is 20.8. The van der Waals surface area contributed by atoms with Gasteiger partial charge in [0.1, 0.15) is 5.92 Å². The Bertz CT molecular complexity index is 682. The van der Waals surface area contributed by atoms with Crippen molar-refractivity contribution in [3.05, 3.63) is 42.0 Å². The summed E-state index contributed by atoms with van der Waals surface area (Å²) in [7, 11) is 0. The Labute approximate surface area is 125 Å². The van der Waals surface area contributed by atoms with Gasteiger partial charge in [-0.3, -0.25) is 9.59 Å². The van der Waals surface area contributed by atoms with Crippen LogP contribution in [0.1, 0.15) is 10.4 Å². The van der Waals surface area contributed by atoms with Gasteiger partial charge in [0.05, 0.1) is 23.7 Å². The predicted octanol–water partition coefficient (Wildman–Crippen LogP) is 0.977. The summed E-state index contributed by atoms with van der Waals surface area (Å²) < 4.78 is 5.43. The summed E-state index contributed by atoms with van der Waals surface area (Å²) in [6, 6.07) is 5.77. The van der Waals surface area contributed by atoms with Crippen LogP contribution >= 0.6 is 0 Å². The Morgan fingerprint density at radius 2 is 1.73 bits per heavy atom.